The Hall–Kier alpha value is -4.46. The van der Waals surface area contributed by atoms with Gasteiger partial charge in [0.25, 0.3) is 0 Å². The second kappa shape index (κ2) is 8.47. The number of carbonyl (C=O) groups excluding carboxylic acids is 1. The molecule has 8 heteroatoms. The molecule has 170 valence electrons. The fraction of sp³-hybridized carbons (Fsp3) is 0.154. The van der Waals surface area contributed by atoms with E-state index >= 15 is 0 Å². The first-order chi connectivity index (χ1) is 16.4. The minimum absolute atomic E-state index is 0.107. The number of rotatable bonds is 5. The Morgan fingerprint density at radius 3 is 2.68 bits per heavy atom. The van der Waals surface area contributed by atoms with Gasteiger partial charge in [0.1, 0.15) is 5.75 Å². The van der Waals surface area contributed by atoms with Crippen molar-refractivity contribution >= 4 is 34.7 Å². The Labute approximate surface area is 195 Å². The average molecular weight is 454 g/mol. The number of anilines is 2. The Kier molecular flexibility index (Phi) is 5.33. The molecule has 0 radical (unpaired) electrons. The van der Waals surface area contributed by atoms with Crippen molar-refractivity contribution in [3.8, 4) is 16.9 Å². The van der Waals surface area contributed by atoms with E-state index in [-0.39, 0.29) is 28.6 Å². The first-order valence-corrected chi connectivity index (χ1v) is 10.9. The van der Waals surface area contributed by atoms with Crippen molar-refractivity contribution in [3.63, 3.8) is 0 Å². The molecule has 0 saturated heterocycles. The van der Waals surface area contributed by atoms with Crippen LogP contribution in [0, 0.1) is 0 Å². The normalized spacial score (nSPS) is 16.0. The summed E-state index contributed by atoms with van der Waals surface area (Å²) >= 11 is 0. The molecule has 0 unspecified atom stereocenters. The van der Waals surface area contributed by atoms with E-state index in [2.05, 4.69) is 15.6 Å². The van der Waals surface area contributed by atoms with Crippen LogP contribution in [-0.2, 0) is 17.6 Å². The molecular weight excluding hydrogens is 432 g/mol. The molecule has 3 aromatic rings. The lowest BCUT2D eigenvalue weighted by atomic mass is 10.0. The molecule has 34 heavy (non-hydrogen) atoms. The molecule has 0 saturated carbocycles. The monoisotopic (exact) mass is 454 g/mol. The van der Waals surface area contributed by atoms with E-state index in [4.69, 9.17) is 0 Å². The van der Waals surface area contributed by atoms with Crippen LogP contribution in [0.2, 0.25) is 0 Å². The van der Waals surface area contributed by atoms with E-state index < -0.39 is 5.97 Å². The van der Waals surface area contributed by atoms with Crippen molar-refractivity contribution in [1.82, 2.24) is 0 Å². The lowest BCUT2D eigenvalue weighted by Gasteiger charge is -2.13. The third-order valence-corrected chi connectivity index (χ3v) is 6.06. The molecule has 1 aliphatic heterocycles. The van der Waals surface area contributed by atoms with Gasteiger partial charge in [-0.15, -0.1) is 0 Å². The van der Waals surface area contributed by atoms with Crippen molar-refractivity contribution in [1.29, 1.82) is 0 Å². The highest BCUT2D eigenvalue weighted by Crippen LogP contribution is 2.36. The number of hydrazone groups is 2. The quantitative estimate of drug-likeness (QED) is 0.390. The molecule has 1 heterocycles. The first-order valence-electron chi connectivity index (χ1n) is 10.9. The van der Waals surface area contributed by atoms with Gasteiger partial charge in [-0.2, -0.15) is 15.2 Å². The van der Waals surface area contributed by atoms with Crippen molar-refractivity contribution in [2.75, 3.05) is 10.4 Å². The molecule has 1 amide bonds. The number of nitrogens with zero attached hydrogens (tertiary/aromatic N) is 3. The number of benzene rings is 3. The predicted octanol–water partition coefficient (Wildman–Crippen LogP) is 4.44. The maximum absolute atomic E-state index is 13.0. The van der Waals surface area contributed by atoms with Crippen LogP contribution in [0.25, 0.3) is 11.1 Å². The minimum atomic E-state index is -1.05. The van der Waals surface area contributed by atoms with Gasteiger partial charge < -0.3 is 10.2 Å². The van der Waals surface area contributed by atoms with E-state index in [1.165, 1.54) is 28.3 Å². The summed E-state index contributed by atoms with van der Waals surface area (Å²) in [6.07, 6.45) is 3.18. The van der Waals surface area contributed by atoms with Gasteiger partial charge >= 0.3 is 11.9 Å². The zero-order valence-corrected chi connectivity index (χ0v) is 18.4. The summed E-state index contributed by atoms with van der Waals surface area (Å²) in [5.41, 5.74) is 8.03. The number of carboxylic acids is 1. The van der Waals surface area contributed by atoms with Gasteiger partial charge in [0.05, 0.1) is 22.6 Å². The van der Waals surface area contributed by atoms with Crippen LogP contribution in [-0.4, -0.2) is 33.5 Å². The molecule has 2 aliphatic rings. The van der Waals surface area contributed by atoms with E-state index in [1.807, 2.05) is 18.2 Å². The first kappa shape index (κ1) is 21.4. The number of aromatic carboxylic acids is 1. The number of nitrogens with one attached hydrogen (secondary N) is 1. The maximum Gasteiger partial charge on any atom is 0.335 e. The highest BCUT2D eigenvalue weighted by molar-refractivity contribution is 6.71. The number of amides is 1. The number of hydrogen-bond donors (Lipinski definition) is 3. The standard InChI is InChI=1S/C26H22N4O4/c1-15-23(25(32)30(29-15)20-12-11-16-5-2-6-17(16)14-20)28-27-22-10-4-9-21(24(22)31)18-7-3-8-19(13-18)26(33)34/h3-4,7-14,27,31H,2,5-6H2,1H3,(H,33,34). The SMILES string of the molecule is CC1=NN(c2ccc3c(c2)CCC3)C(=O)C1=NNc1cccc(-c2cccc(C(=O)O)c2)c1O. The highest BCUT2D eigenvalue weighted by Gasteiger charge is 2.31. The van der Waals surface area contributed by atoms with Crippen molar-refractivity contribution < 1.29 is 19.8 Å². The molecule has 3 aromatic carbocycles. The van der Waals surface area contributed by atoms with Crippen LogP contribution in [0.5, 0.6) is 5.75 Å². The van der Waals surface area contributed by atoms with Gasteiger partial charge in [-0.05, 0) is 73.2 Å². The van der Waals surface area contributed by atoms with Crippen molar-refractivity contribution in [3.05, 3.63) is 77.4 Å². The predicted molar refractivity (Wildman–Crippen MR) is 131 cm³/mol. The molecule has 5 rings (SSSR count). The van der Waals surface area contributed by atoms with Gasteiger partial charge in [-0.3, -0.25) is 10.2 Å². The van der Waals surface area contributed by atoms with Crippen LogP contribution in [0.1, 0.15) is 34.8 Å². The van der Waals surface area contributed by atoms with Gasteiger partial charge in [0.2, 0.25) is 0 Å². The summed E-state index contributed by atoms with van der Waals surface area (Å²) in [6.45, 7) is 1.71. The number of aromatic hydroxyl groups is 1. The minimum Gasteiger partial charge on any atom is -0.505 e. The van der Waals surface area contributed by atoms with E-state index in [9.17, 15) is 19.8 Å². The molecule has 0 atom stereocenters. The number of fused-ring (bicyclic) bond motifs is 1. The average Bonchev–Trinajstić information content (AvgIpc) is 3.42. The second-order valence-corrected chi connectivity index (χ2v) is 8.27. The summed E-state index contributed by atoms with van der Waals surface area (Å²) in [5.74, 6) is -1.51. The van der Waals surface area contributed by atoms with Gasteiger partial charge in [0.15, 0.2) is 5.71 Å². The lowest BCUT2D eigenvalue weighted by molar-refractivity contribution is -0.112. The van der Waals surface area contributed by atoms with E-state index in [0.29, 0.717) is 22.5 Å². The van der Waals surface area contributed by atoms with Crippen LogP contribution in [0.3, 0.4) is 0 Å². The smallest absolute Gasteiger partial charge is 0.335 e. The zero-order chi connectivity index (χ0) is 23.8. The summed E-state index contributed by atoms with van der Waals surface area (Å²) in [7, 11) is 0. The fourth-order valence-electron chi connectivity index (χ4n) is 4.29. The summed E-state index contributed by atoms with van der Waals surface area (Å²) in [5, 5.41) is 30.0. The van der Waals surface area contributed by atoms with Crippen LogP contribution in [0.15, 0.2) is 70.9 Å². The van der Waals surface area contributed by atoms with Crippen LogP contribution < -0.4 is 10.4 Å². The van der Waals surface area contributed by atoms with Gasteiger partial charge in [-0.1, -0.05) is 30.3 Å². The zero-order valence-electron chi connectivity index (χ0n) is 18.4. The van der Waals surface area contributed by atoms with Crippen LogP contribution >= 0.6 is 0 Å². The maximum atomic E-state index is 13.0. The molecule has 0 fully saturated rings. The molecule has 0 bridgehead atoms. The second-order valence-electron chi connectivity index (χ2n) is 8.27. The number of aryl methyl sites for hydroxylation is 2. The van der Waals surface area contributed by atoms with Gasteiger partial charge in [0, 0.05) is 5.56 Å². The molecule has 3 N–H and O–H groups in total. The molecule has 8 nitrogen and oxygen atoms in total. The number of phenolic OH excluding ortho intramolecular Hbond substituents is 1. The Bertz CT molecular complexity index is 1390. The Morgan fingerprint density at radius 1 is 1.06 bits per heavy atom. The van der Waals surface area contributed by atoms with Crippen molar-refractivity contribution in [2.24, 2.45) is 10.2 Å². The molecular formula is C26H22N4O4. The third-order valence-electron chi connectivity index (χ3n) is 6.06. The number of phenols is 1. The number of carboxylic acid groups (broad SMARTS) is 1. The van der Waals surface area contributed by atoms with Gasteiger partial charge in [-0.25, -0.2) is 4.79 Å². The number of hydrogen-bond acceptors (Lipinski definition) is 6. The summed E-state index contributed by atoms with van der Waals surface area (Å²) in [4.78, 5) is 24.3. The van der Waals surface area contributed by atoms with Crippen LogP contribution in [0.4, 0.5) is 11.4 Å². The lowest BCUT2D eigenvalue weighted by Crippen LogP contribution is -2.28. The Balaban J connectivity index is 1.40. The van der Waals surface area contributed by atoms with E-state index in [0.717, 1.165) is 19.3 Å². The number of para-hydroxylation sites is 1. The topological polar surface area (TPSA) is 115 Å². The highest BCUT2D eigenvalue weighted by atomic mass is 16.4. The van der Waals surface area contributed by atoms with Crippen molar-refractivity contribution in [2.45, 2.75) is 26.2 Å². The molecule has 0 spiro atoms. The summed E-state index contributed by atoms with van der Waals surface area (Å²) < 4.78 is 0. The summed E-state index contributed by atoms with van der Waals surface area (Å²) in [6, 6.07) is 17.3. The molecule has 0 aromatic heterocycles. The van der Waals surface area contributed by atoms with E-state index in [1.54, 1.807) is 37.3 Å². The fourth-order valence-corrected chi connectivity index (χ4v) is 4.29. The molecule has 1 aliphatic carbocycles. The number of carbonyl (C=O) groups is 2. The Morgan fingerprint density at radius 2 is 1.85 bits per heavy atom. The largest absolute Gasteiger partial charge is 0.505 e. The third kappa shape index (κ3) is 3.79.